The Balaban J connectivity index is 0.000000223. The van der Waals surface area contributed by atoms with Crippen LogP contribution in [0.15, 0.2) is 12.4 Å². The second-order valence-corrected chi connectivity index (χ2v) is 3.68. The molecule has 1 heterocycles. The predicted octanol–water partition coefficient (Wildman–Crippen LogP) is 1.10. The molecule has 0 bridgehead atoms. The van der Waals surface area contributed by atoms with Crippen LogP contribution in [-0.4, -0.2) is 29.1 Å². The van der Waals surface area contributed by atoms with Crippen molar-refractivity contribution >= 4 is 7.82 Å². The fraction of sp³-hybridized carbons (Fsp3) is 0.500. The summed E-state index contributed by atoms with van der Waals surface area (Å²) in [6.07, 6.45) is 3.53. The van der Waals surface area contributed by atoms with Crippen LogP contribution in [0, 0.1) is 6.92 Å². The minimum Gasteiger partial charge on any atom is -0.349 e. The number of aromatic amines is 1. The Morgan fingerprint density at radius 2 is 2.08 bits per heavy atom. The maximum atomic E-state index is 10.1. The molecule has 1 rings (SSSR count). The van der Waals surface area contributed by atoms with Crippen molar-refractivity contribution in [3.05, 3.63) is 18.2 Å². The largest absolute Gasteiger partial charge is 0.471 e. The highest BCUT2D eigenvalue weighted by molar-refractivity contribution is 7.47. The third-order valence-electron chi connectivity index (χ3n) is 1.10. The molecule has 0 unspecified atom stereocenters. The van der Waals surface area contributed by atoms with Crippen molar-refractivity contribution in [2.75, 3.05) is 14.2 Å². The predicted molar refractivity (Wildman–Crippen MR) is 47.2 cm³/mol. The molecule has 0 aliphatic carbocycles. The van der Waals surface area contributed by atoms with Gasteiger partial charge in [-0.15, -0.1) is 0 Å². The first kappa shape index (κ1) is 12.3. The zero-order valence-corrected chi connectivity index (χ0v) is 8.62. The summed E-state index contributed by atoms with van der Waals surface area (Å²) in [4.78, 5) is 15.0. The van der Waals surface area contributed by atoms with E-state index in [4.69, 9.17) is 4.89 Å². The number of aromatic nitrogens is 2. The zero-order chi connectivity index (χ0) is 10.3. The summed E-state index contributed by atoms with van der Waals surface area (Å²) in [6, 6.07) is 0. The van der Waals surface area contributed by atoms with Crippen LogP contribution >= 0.6 is 7.82 Å². The van der Waals surface area contributed by atoms with E-state index in [-0.39, 0.29) is 0 Å². The topological polar surface area (TPSA) is 84.4 Å². The summed E-state index contributed by atoms with van der Waals surface area (Å²) in [7, 11) is -1.45. The van der Waals surface area contributed by atoms with Gasteiger partial charge in [0.2, 0.25) is 0 Å². The number of aryl methyl sites for hydroxylation is 1. The van der Waals surface area contributed by atoms with Gasteiger partial charge >= 0.3 is 7.82 Å². The fourth-order valence-corrected chi connectivity index (χ4v) is 0.568. The minimum absolute atomic E-state index is 0.968. The number of nitrogens with one attached hydrogen (secondary N) is 1. The fourth-order valence-electron chi connectivity index (χ4n) is 0.419. The molecular weight excluding hydrogens is 195 g/mol. The molecule has 1 aromatic heterocycles. The molecule has 0 aromatic carbocycles. The van der Waals surface area contributed by atoms with Crippen LogP contribution in [0.2, 0.25) is 0 Å². The molecule has 76 valence electrons. The number of phosphoric ester groups is 1. The van der Waals surface area contributed by atoms with Crippen molar-refractivity contribution in [3.63, 3.8) is 0 Å². The number of phosphoric acid groups is 1. The second-order valence-electron chi connectivity index (χ2n) is 2.01. The molecule has 6 nitrogen and oxygen atoms in total. The Hall–Kier alpha value is -0.680. The number of hydrogen-bond donors (Lipinski definition) is 2. The number of H-pyrrole nitrogens is 1. The summed E-state index contributed by atoms with van der Waals surface area (Å²) >= 11 is 0. The maximum Gasteiger partial charge on any atom is 0.471 e. The smallest absolute Gasteiger partial charge is 0.349 e. The molecule has 2 N–H and O–H groups in total. The Morgan fingerprint density at radius 3 is 2.15 bits per heavy atom. The highest BCUT2D eigenvalue weighted by Crippen LogP contribution is 2.40. The van der Waals surface area contributed by atoms with Crippen LogP contribution in [0.5, 0.6) is 0 Å². The standard InChI is InChI=1S/C4H6N2.C2H7O4P/c1-4-5-2-3-6-4;1-5-7(3,4)6-2/h2-3H,1H3,(H,5,6);1-2H3,(H,3,4). The van der Waals surface area contributed by atoms with Crippen LogP contribution in [0.1, 0.15) is 5.82 Å². The third kappa shape index (κ3) is 6.48. The van der Waals surface area contributed by atoms with E-state index in [9.17, 15) is 4.57 Å². The van der Waals surface area contributed by atoms with Crippen molar-refractivity contribution < 1.29 is 18.5 Å². The lowest BCUT2D eigenvalue weighted by Gasteiger charge is -2.01. The van der Waals surface area contributed by atoms with E-state index in [1.165, 1.54) is 0 Å². The molecule has 0 aliphatic rings. The summed E-state index contributed by atoms with van der Waals surface area (Å²) in [5, 5.41) is 0. The highest BCUT2D eigenvalue weighted by Gasteiger charge is 2.13. The van der Waals surface area contributed by atoms with Crippen LogP contribution in [0.3, 0.4) is 0 Å². The lowest BCUT2D eigenvalue weighted by atomic mass is 10.8. The van der Waals surface area contributed by atoms with Crippen molar-refractivity contribution in [3.8, 4) is 0 Å². The summed E-state index contributed by atoms with van der Waals surface area (Å²) < 4.78 is 18.0. The summed E-state index contributed by atoms with van der Waals surface area (Å²) in [5.74, 6) is 0.968. The van der Waals surface area contributed by atoms with Crippen LogP contribution in [0.25, 0.3) is 0 Å². The van der Waals surface area contributed by atoms with Gasteiger partial charge in [-0.25, -0.2) is 9.55 Å². The van der Waals surface area contributed by atoms with Crippen LogP contribution in [-0.2, 0) is 13.6 Å². The maximum absolute atomic E-state index is 10.1. The zero-order valence-electron chi connectivity index (χ0n) is 7.72. The molecular formula is C6H13N2O4P. The van der Waals surface area contributed by atoms with E-state index in [2.05, 4.69) is 19.0 Å². The highest BCUT2D eigenvalue weighted by atomic mass is 31.2. The van der Waals surface area contributed by atoms with E-state index in [1.54, 1.807) is 12.4 Å². The minimum atomic E-state index is -3.65. The van der Waals surface area contributed by atoms with E-state index in [0.717, 1.165) is 20.0 Å². The molecule has 0 saturated heterocycles. The first-order valence-corrected chi connectivity index (χ1v) is 4.91. The monoisotopic (exact) mass is 208 g/mol. The van der Waals surface area contributed by atoms with Gasteiger partial charge in [0.15, 0.2) is 0 Å². The molecule has 0 saturated carbocycles. The van der Waals surface area contributed by atoms with Crippen molar-refractivity contribution in [1.82, 2.24) is 9.97 Å². The van der Waals surface area contributed by atoms with Gasteiger partial charge in [0, 0.05) is 26.6 Å². The number of nitrogens with zero attached hydrogens (tertiary/aromatic N) is 1. The lowest BCUT2D eigenvalue weighted by Crippen LogP contribution is -1.83. The second kappa shape index (κ2) is 5.88. The lowest BCUT2D eigenvalue weighted by molar-refractivity contribution is 0.204. The van der Waals surface area contributed by atoms with Gasteiger partial charge in [-0.2, -0.15) is 0 Å². The molecule has 0 atom stereocenters. The molecule has 0 aliphatic heterocycles. The first-order chi connectivity index (χ1) is 6.02. The van der Waals surface area contributed by atoms with Gasteiger partial charge in [0.05, 0.1) is 0 Å². The Kier molecular flexibility index (Phi) is 5.57. The number of hydrogen-bond acceptors (Lipinski definition) is 4. The van der Waals surface area contributed by atoms with Gasteiger partial charge in [-0.1, -0.05) is 0 Å². The van der Waals surface area contributed by atoms with Gasteiger partial charge < -0.3 is 9.88 Å². The molecule has 0 spiro atoms. The van der Waals surface area contributed by atoms with E-state index < -0.39 is 7.82 Å². The molecule has 0 fully saturated rings. The number of rotatable bonds is 2. The summed E-state index contributed by atoms with van der Waals surface area (Å²) in [5.41, 5.74) is 0. The summed E-state index contributed by atoms with van der Waals surface area (Å²) in [6.45, 7) is 1.92. The average molecular weight is 208 g/mol. The van der Waals surface area contributed by atoms with Crippen LogP contribution in [0.4, 0.5) is 0 Å². The van der Waals surface area contributed by atoms with E-state index >= 15 is 0 Å². The first-order valence-electron chi connectivity index (χ1n) is 3.42. The van der Waals surface area contributed by atoms with Gasteiger partial charge in [-0.3, -0.25) is 9.05 Å². The van der Waals surface area contributed by atoms with Crippen molar-refractivity contribution in [2.45, 2.75) is 6.92 Å². The average Bonchev–Trinajstić information content (AvgIpc) is 2.57. The molecule has 13 heavy (non-hydrogen) atoms. The van der Waals surface area contributed by atoms with Crippen LogP contribution < -0.4 is 0 Å². The Bertz CT molecular complexity index is 254. The Labute approximate surface area is 76.5 Å². The molecule has 7 heteroatoms. The van der Waals surface area contributed by atoms with Gasteiger partial charge in [-0.05, 0) is 6.92 Å². The normalized spacial score (nSPS) is 10.5. The quantitative estimate of drug-likeness (QED) is 0.711. The number of imidazole rings is 1. The molecule has 0 amide bonds. The van der Waals surface area contributed by atoms with Crippen molar-refractivity contribution in [1.29, 1.82) is 0 Å². The van der Waals surface area contributed by atoms with E-state index in [1.807, 2.05) is 6.92 Å². The van der Waals surface area contributed by atoms with Gasteiger partial charge in [0.1, 0.15) is 5.82 Å². The van der Waals surface area contributed by atoms with E-state index in [0.29, 0.717) is 0 Å². The van der Waals surface area contributed by atoms with Gasteiger partial charge in [0.25, 0.3) is 0 Å². The molecule has 0 radical (unpaired) electrons. The van der Waals surface area contributed by atoms with Crippen molar-refractivity contribution in [2.24, 2.45) is 0 Å². The Morgan fingerprint density at radius 1 is 1.54 bits per heavy atom. The SMILES string of the molecule is COP(=O)(O)OC.Cc1ncc[nH]1. The molecule has 1 aromatic rings. The third-order valence-corrected chi connectivity index (χ3v) is 2.02.